The Morgan fingerprint density at radius 2 is 1.35 bits per heavy atom. The molecule has 1 aliphatic rings. The van der Waals surface area contributed by atoms with Crippen molar-refractivity contribution in [3.05, 3.63) is 96.6 Å². The van der Waals surface area contributed by atoms with Gasteiger partial charge in [-0.25, -0.2) is 9.59 Å². The second kappa shape index (κ2) is 15.2. The topological polar surface area (TPSA) is 99.1 Å². The molecule has 3 aromatic rings. The highest BCUT2D eigenvalue weighted by molar-refractivity contribution is 5.89. The number of carbonyl (C=O) groups excluding carboxylic acids is 3. The molecule has 1 saturated carbocycles. The van der Waals surface area contributed by atoms with Crippen LogP contribution < -0.4 is 9.47 Å². The quantitative estimate of drug-likeness (QED) is 0.130. The molecule has 0 aromatic heterocycles. The van der Waals surface area contributed by atoms with E-state index in [0.29, 0.717) is 35.5 Å². The van der Waals surface area contributed by atoms with Crippen molar-refractivity contribution in [1.29, 1.82) is 0 Å². The van der Waals surface area contributed by atoms with Gasteiger partial charge in [0.05, 0.1) is 24.2 Å². The molecule has 1 aliphatic carbocycles. The number of rotatable bonds is 11. The Bertz CT molecular complexity index is 1570. The summed E-state index contributed by atoms with van der Waals surface area (Å²) >= 11 is 0. The van der Waals surface area contributed by atoms with Gasteiger partial charge in [0.15, 0.2) is 0 Å². The van der Waals surface area contributed by atoms with Crippen LogP contribution in [0, 0.1) is 11.3 Å². The molecule has 0 unspecified atom stereocenters. The second-order valence-corrected chi connectivity index (χ2v) is 13.1. The lowest BCUT2D eigenvalue weighted by Crippen LogP contribution is -2.25. The normalized spacial score (nSPS) is 16.3. The largest absolute Gasteiger partial charge is 0.462 e. The molecule has 0 amide bonds. The third-order valence-electron chi connectivity index (χ3n) is 8.31. The maximum atomic E-state index is 12.7. The maximum Gasteiger partial charge on any atom is 0.341 e. The molecule has 0 spiro atoms. The minimum atomic E-state index is -0.660. The molecule has 0 aliphatic heterocycles. The highest BCUT2D eigenvalue weighted by atomic mass is 16.5. The summed E-state index contributed by atoms with van der Waals surface area (Å²) in [5.41, 5.74) is 5.09. The molecular weight excluding hydrogens is 580 g/mol. The Hall–Kier alpha value is -4.49. The van der Waals surface area contributed by atoms with Gasteiger partial charge in [-0.15, -0.1) is 0 Å². The fourth-order valence-electron chi connectivity index (χ4n) is 5.47. The molecule has 0 bridgehead atoms. The van der Waals surface area contributed by atoms with Gasteiger partial charge in [-0.1, -0.05) is 55.6 Å². The number of hydrogen-bond donors (Lipinski definition) is 1. The Kier molecular flexibility index (Phi) is 11.4. The van der Waals surface area contributed by atoms with Gasteiger partial charge in [0, 0.05) is 5.57 Å². The number of aliphatic hydroxyl groups excluding tert-OH is 1. The Labute approximate surface area is 271 Å². The van der Waals surface area contributed by atoms with E-state index in [2.05, 4.69) is 37.4 Å². The lowest BCUT2D eigenvalue weighted by Gasteiger charge is -2.30. The van der Waals surface area contributed by atoms with Crippen LogP contribution in [0.4, 0.5) is 0 Å². The van der Waals surface area contributed by atoms with E-state index < -0.39 is 18.0 Å². The predicted molar refractivity (Wildman–Crippen MR) is 179 cm³/mol. The van der Waals surface area contributed by atoms with Gasteiger partial charge in [-0.3, -0.25) is 4.79 Å². The van der Waals surface area contributed by atoms with E-state index in [1.54, 1.807) is 19.1 Å². The van der Waals surface area contributed by atoms with Gasteiger partial charge >= 0.3 is 17.9 Å². The van der Waals surface area contributed by atoms with Gasteiger partial charge < -0.3 is 19.3 Å². The van der Waals surface area contributed by atoms with E-state index >= 15 is 0 Å². The summed E-state index contributed by atoms with van der Waals surface area (Å²) in [7, 11) is 0. The lowest BCUT2D eigenvalue weighted by molar-refractivity contribution is -0.143. The monoisotopic (exact) mass is 624 g/mol. The fraction of sp³-hybridized carbons (Fsp3) is 0.359. The van der Waals surface area contributed by atoms with Gasteiger partial charge in [0.25, 0.3) is 0 Å². The Morgan fingerprint density at radius 3 is 1.91 bits per heavy atom. The van der Waals surface area contributed by atoms with Crippen LogP contribution in [0.15, 0.2) is 91.0 Å². The van der Waals surface area contributed by atoms with Crippen molar-refractivity contribution in [2.75, 3.05) is 13.2 Å². The van der Waals surface area contributed by atoms with Crippen molar-refractivity contribution in [2.45, 2.75) is 65.7 Å². The number of aliphatic hydroxyl groups is 1. The molecule has 3 aromatic carbocycles. The third kappa shape index (κ3) is 9.04. The van der Waals surface area contributed by atoms with Crippen molar-refractivity contribution in [3.8, 4) is 33.8 Å². The zero-order valence-corrected chi connectivity index (χ0v) is 27.3. The first kappa shape index (κ1) is 34.4. The third-order valence-corrected chi connectivity index (χ3v) is 8.31. The Balaban J connectivity index is 1.52. The van der Waals surface area contributed by atoms with Crippen molar-refractivity contribution >= 4 is 17.9 Å². The van der Waals surface area contributed by atoms with E-state index in [1.807, 2.05) is 51.1 Å². The summed E-state index contributed by atoms with van der Waals surface area (Å²) in [6.45, 7) is 14.3. The van der Waals surface area contributed by atoms with Crippen LogP contribution in [0.3, 0.4) is 0 Å². The van der Waals surface area contributed by atoms with Crippen LogP contribution in [0.2, 0.25) is 0 Å². The number of hydrogen-bond acceptors (Lipinski definition) is 7. The molecule has 1 N–H and O–H groups in total. The number of benzene rings is 3. The summed E-state index contributed by atoms with van der Waals surface area (Å²) in [4.78, 5) is 36.4. The van der Waals surface area contributed by atoms with Crippen LogP contribution in [0.1, 0.15) is 71.3 Å². The zero-order chi connectivity index (χ0) is 33.4. The van der Waals surface area contributed by atoms with Gasteiger partial charge in [0.2, 0.25) is 0 Å². The summed E-state index contributed by atoms with van der Waals surface area (Å²) in [5, 5.41) is 9.08. The van der Waals surface area contributed by atoms with Crippen molar-refractivity contribution in [1.82, 2.24) is 0 Å². The van der Waals surface area contributed by atoms with Gasteiger partial charge in [-0.2, -0.15) is 0 Å². The van der Waals surface area contributed by atoms with Crippen molar-refractivity contribution < 1.29 is 33.7 Å². The molecule has 1 fully saturated rings. The average molecular weight is 625 g/mol. The van der Waals surface area contributed by atoms with Crippen LogP contribution in [-0.2, 0) is 19.1 Å². The summed E-state index contributed by atoms with van der Waals surface area (Å²) in [6.07, 6.45) is 4.87. The first-order chi connectivity index (χ1) is 21.8. The van der Waals surface area contributed by atoms with E-state index in [4.69, 9.17) is 19.3 Å². The second-order valence-electron chi connectivity index (χ2n) is 13.1. The molecule has 0 radical (unpaired) electrons. The molecule has 46 heavy (non-hydrogen) atoms. The maximum absolute atomic E-state index is 12.7. The zero-order valence-electron chi connectivity index (χ0n) is 27.3. The summed E-state index contributed by atoms with van der Waals surface area (Å²) < 4.78 is 16.4. The van der Waals surface area contributed by atoms with Gasteiger partial charge in [0.1, 0.15) is 11.5 Å². The smallest absolute Gasteiger partial charge is 0.341 e. The summed E-state index contributed by atoms with van der Waals surface area (Å²) in [6, 6.07) is 21.4. The number of esters is 3. The van der Waals surface area contributed by atoms with Crippen LogP contribution in [0.25, 0.3) is 22.3 Å². The molecule has 0 atom stereocenters. The SMILES string of the molecule is C=C(C)C(=O)OCCC1CCC(c2cc(OC(=O)C(C)(C)C)ccc2-c2ccc(-c3ccc(OC(=O)C(=C)CO)cc3)cc2)CC1. The van der Waals surface area contributed by atoms with Crippen molar-refractivity contribution in [3.63, 3.8) is 0 Å². The average Bonchev–Trinajstić information content (AvgIpc) is 3.04. The first-order valence-corrected chi connectivity index (χ1v) is 15.8. The van der Waals surface area contributed by atoms with Crippen molar-refractivity contribution in [2.24, 2.45) is 11.3 Å². The number of carbonyl (C=O) groups is 3. The van der Waals surface area contributed by atoms with Crippen LogP contribution in [0.5, 0.6) is 11.5 Å². The van der Waals surface area contributed by atoms with Gasteiger partial charge in [-0.05, 0) is 124 Å². The highest BCUT2D eigenvalue weighted by Crippen LogP contribution is 2.43. The standard InChI is InChI=1S/C39H44O7/c1-25(2)36(41)44-22-21-27-7-9-31(10-8-27)35-23-33(46-38(43)39(4,5)6)19-20-34(35)30-13-11-28(12-14-30)29-15-17-32(18-16-29)45-37(42)26(3)24-40/h11-20,23,27,31,40H,1,3,7-10,21-22,24H2,2,4-6H3. The van der Waals surface area contributed by atoms with E-state index in [1.165, 1.54) is 0 Å². The lowest BCUT2D eigenvalue weighted by atomic mass is 9.76. The molecule has 0 heterocycles. The highest BCUT2D eigenvalue weighted by Gasteiger charge is 2.27. The van der Waals surface area contributed by atoms with E-state index in [9.17, 15) is 14.4 Å². The molecule has 242 valence electrons. The molecule has 7 heteroatoms. The van der Waals surface area contributed by atoms with E-state index in [0.717, 1.165) is 59.9 Å². The predicted octanol–water partition coefficient (Wildman–Crippen LogP) is 8.21. The van der Waals surface area contributed by atoms with Crippen LogP contribution in [-0.4, -0.2) is 36.2 Å². The van der Waals surface area contributed by atoms with Crippen LogP contribution >= 0.6 is 0 Å². The fourth-order valence-corrected chi connectivity index (χ4v) is 5.47. The molecular formula is C39H44O7. The summed E-state index contributed by atoms with van der Waals surface area (Å²) in [5.74, 6) is 0.438. The minimum absolute atomic E-state index is 0.00548. The number of ether oxygens (including phenoxy) is 3. The molecule has 4 rings (SSSR count). The molecule has 7 nitrogen and oxygen atoms in total. The minimum Gasteiger partial charge on any atom is -0.462 e. The molecule has 0 saturated heterocycles. The Morgan fingerprint density at radius 1 is 0.783 bits per heavy atom. The van der Waals surface area contributed by atoms with E-state index in [-0.39, 0.29) is 17.5 Å². The first-order valence-electron chi connectivity index (χ1n) is 15.8.